The van der Waals surface area contributed by atoms with Crippen molar-refractivity contribution in [2.75, 3.05) is 5.32 Å². The standard InChI is InChI=1S/C17H10ClF3N2O/c18-12-7-6-11(17(19,20)21)9-15(12)23-16(24)14-8-5-10-3-1-2-4-13(10)22-14/h1-9H,(H,23,24). The van der Waals surface area contributed by atoms with Crippen molar-refractivity contribution in [1.29, 1.82) is 0 Å². The molecule has 7 heteroatoms. The molecule has 2 aromatic carbocycles. The lowest BCUT2D eigenvalue weighted by atomic mass is 10.1. The summed E-state index contributed by atoms with van der Waals surface area (Å²) in [6.07, 6.45) is -4.52. The highest BCUT2D eigenvalue weighted by Crippen LogP contribution is 2.34. The molecule has 1 amide bonds. The highest BCUT2D eigenvalue weighted by Gasteiger charge is 2.31. The molecule has 0 radical (unpaired) electrons. The van der Waals surface area contributed by atoms with Crippen LogP contribution in [0.2, 0.25) is 5.02 Å². The summed E-state index contributed by atoms with van der Waals surface area (Å²) in [5.74, 6) is -0.637. The number of benzene rings is 2. The van der Waals surface area contributed by atoms with Gasteiger partial charge in [-0.15, -0.1) is 0 Å². The molecule has 0 aliphatic rings. The predicted octanol–water partition coefficient (Wildman–Crippen LogP) is 5.16. The Labute approximate surface area is 140 Å². The zero-order valence-electron chi connectivity index (χ0n) is 12.1. The van der Waals surface area contributed by atoms with Gasteiger partial charge < -0.3 is 5.32 Å². The van der Waals surface area contributed by atoms with E-state index >= 15 is 0 Å². The van der Waals surface area contributed by atoms with Gasteiger partial charge in [0.05, 0.1) is 21.8 Å². The Morgan fingerprint density at radius 3 is 2.54 bits per heavy atom. The average molecular weight is 351 g/mol. The lowest BCUT2D eigenvalue weighted by Gasteiger charge is -2.11. The Morgan fingerprint density at radius 1 is 1.04 bits per heavy atom. The summed E-state index contributed by atoms with van der Waals surface area (Å²) in [5.41, 5.74) is -0.317. The van der Waals surface area contributed by atoms with Gasteiger partial charge in [0.25, 0.3) is 5.91 Å². The van der Waals surface area contributed by atoms with Gasteiger partial charge in [-0.25, -0.2) is 4.98 Å². The predicted molar refractivity (Wildman–Crippen MR) is 86.2 cm³/mol. The number of halogens is 4. The quantitative estimate of drug-likeness (QED) is 0.693. The lowest BCUT2D eigenvalue weighted by molar-refractivity contribution is -0.137. The molecule has 0 saturated carbocycles. The Kier molecular flexibility index (Phi) is 4.15. The largest absolute Gasteiger partial charge is 0.416 e. The molecule has 1 heterocycles. The molecular formula is C17H10ClF3N2O. The van der Waals surface area contributed by atoms with Gasteiger partial charge in [-0.2, -0.15) is 13.2 Å². The van der Waals surface area contributed by atoms with Gasteiger partial charge in [0.1, 0.15) is 5.69 Å². The van der Waals surface area contributed by atoms with Crippen molar-refractivity contribution in [2.45, 2.75) is 6.18 Å². The molecule has 0 spiro atoms. The molecule has 0 aliphatic carbocycles. The highest BCUT2D eigenvalue weighted by atomic mass is 35.5. The monoisotopic (exact) mass is 350 g/mol. The van der Waals surface area contributed by atoms with Crippen LogP contribution < -0.4 is 5.32 Å². The first-order chi connectivity index (χ1) is 11.3. The number of carbonyl (C=O) groups is 1. The summed E-state index contributed by atoms with van der Waals surface area (Å²) >= 11 is 5.87. The highest BCUT2D eigenvalue weighted by molar-refractivity contribution is 6.34. The number of amides is 1. The molecule has 0 bridgehead atoms. The molecule has 3 nitrogen and oxygen atoms in total. The van der Waals surface area contributed by atoms with Crippen molar-refractivity contribution >= 4 is 34.1 Å². The number of hydrogen-bond donors (Lipinski definition) is 1. The number of fused-ring (bicyclic) bond motifs is 1. The van der Waals surface area contributed by atoms with Gasteiger partial charge in [0.2, 0.25) is 0 Å². The molecule has 3 aromatic rings. The number of alkyl halides is 3. The molecule has 24 heavy (non-hydrogen) atoms. The molecule has 1 aromatic heterocycles. The van der Waals surface area contributed by atoms with Gasteiger partial charge in [0.15, 0.2) is 0 Å². The van der Waals surface area contributed by atoms with Crippen LogP contribution in [-0.4, -0.2) is 10.9 Å². The van der Waals surface area contributed by atoms with Crippen molar-refractivity contribution in [3.63, 3.8) is 0 Å². The van der Waals surface area contributed by atoms with Crippen LogP contribution >= 0.6 is 11.6 Å². The van der Waals surface area contributed by atoms with Crippen LogP contribution in [0.1, 0.15) is 16.1 Å². The Bertz CT molecular complexity index is 925. The summed E-state index contributed by atoms with van der Waals surface area (Å²) in [6, 6.07) is 13.1. The van der Waals surface area contributed by atoms with E-state index in [2.05, 4.69) is 10.3 Å². The smallest absolute Gasteiger partial charge is 0.319 e. The van der Waals surface area contributed by atoms with Crippen LogP contribution in [0.15, 0.2) is 54.6 Å². The number of rotatable bonds is 2. The molecule has 3 rings (SSSR count). The fourth-order valence-electron chi connectivity index (χ4n) is 2.18. The van der Waals surface area contributed by atoms with Crippen LogP contribution in [0, 0.1) is 0 Å². The van der Waals surface area contributed by atoms with E-state index in [1.807, 2.05) is 12.1 Å². The molecule has 0 unspecified atom stereocenters. The molecule has 0 saturated heterocycles. The van der Waals surface area contributed by atoms with Crippen molar-refractivity contribution in [3.8, 4) is 0 Å². The molecule has 122 valence electrons. The molecule has 0 fully saturated rings. The number of nitrogens with zero attached hydrogens (tertiary/aromatic N) is 1. The Hall–Kier alpha value is -2.60. The molecule has 1 N–H and O–H groups in total. The van der Waals surface area contributed by atoms with E-state index in [1.165, 1.54) is 6.07 Å². The summed E-state index contributed by atoms with van der Waals surface area (Å²) in [4.78, 5) is 16.5. The van der Waals surface area contributed by atoms with E-state index in [9.17, 15) is 18.0 Å². The third kappa shape index (κ3) is 3.33. The van der Waals surface area contributed by atoms with Gasteiger partial charge in [-0.05, 0) is 30.3 Å². The van der Waals surface area contributed by atoms with E-state index in [-0.39, 0.29) is 16.4 Å². The van der Waals surface area contributed by atoms with Gasteiger partial charge in [-0.3, -0.25) is 4.79 Å². The first kappa shape index (κ1) is 16.3. The van der Waals surface area contributed by atoms with E-state index in [4.69, 9.17) is 11.6 Å². The van der Waals surface area contributed by atoms with Crippen molar-refractivity contribution in [1.82, 2.24) is 4.98 Å². The maximum atomic E-state index is 12.8. The molecule has 0 aliphatic heterocycles. The number of anilines is 1. The Morgan fingerprint density at radius 2 is 1.79 bits per heavy atom. The van der Waals surface area contributed by atoms with Crippen LogP contribution in [0.5, 0.6) is 0 Å². The van der Waals surface area contributed by atoms with Crippen LogP contribution in [0.3, 0.4) is 0 Å². The number of nitrogens with one attached hydrogen (secondary N) is 1. The first-order valence-electron chi connectivity index (χ1n) is 6.88. The lowest BCUT2D eigenvalue weighted by Crippen LogP contribution is -2.15. The summed E-state index contributed by atoms with van der Waals surface area (Å²) in [6.45, 7) is 0. The fourth-order valence-corrected chi connectivity index (χ4v) is 2.34. The van der Waals surface area contributed by atoms with Crippen LogP contribution in [0.4, 0.5) is 18.9 Å². The fraction of sp³-hybridized carbons (Fsp3) is 0.0588. The minimum Gasteiger partial charge on any atom is -0.319 e. The molecular weight excluding hydrogens is 341 g/mol. The second-order valence-corrected chi connectivity index (χ2v) is 5.44. The number of pyridine rings is 1. The zero-order valence-corrected chi connectivity index (χ0v) is 12.8. The summed E-state index contributed by atoms with van der Waals surface area (Å²) < 4.78 is 38.3. The third-order valence-corrected chi connectivity index (χ3v) is 3.70. The van der Waals surface area contributed by atoms with Crippen molar-refractivity contribution in [3.05, 3.63) is 70.9 Å². The number of hydrogen-bond acceptors (Lipinski definition) is 2. The molecule has 0 atom stereocenters. The van der Waals surface area contributed by atoms with E-state index < -0.39 is 17.6 Å². The Balaban J connectivity index is 1.91. The SMILES string of the molecule is O=C(Nc1cc(C(F)(F)F)ccc1Cl)c1ccc2ccccc2n1. The van der Waals surface area contributed by atoms with Crippen LogP contribution in [0.25, 0.3) is 10.9 Å². The average Bonchev–Trinajstić information content (AvgIpc) is 2.55. The van der Waals surface area contributed by atoms with E-state index in [1.54, 1.807) is 18.2 Å². The van der Waals surface area contributed by atoms with Gasteiger partial charge >= 0.3 is 6.18 Å². The minimum absolute atomic E-state index is 0.0112. The maximum absolute atomic E-state index is 12.8. The minimum atomic E-state index is -4.52. The van der Waals surface area contributed by atoms with Crippen LogP contribution in [-0.2, 0) is 6.18 Å². The number of aromatic nitrogens is 1. The van der Waals surface area contributed by atoms with E-state index in [0.29, 0.717) is 5.52 Å². The number of para-hydroxylation sites is 1. The second kappa shape index (κ2) is 6.13. The summed E-state index contributed by atoms with van der Waals surface area (Å²) in [5, 5.41) is 3.23. The first-order valence-corrected chi connectivity index (χ1v) is 7.26. The maximum Gasteiger partial charge on any atom is 0.416 e. The van der Waals surface area contributed by atoms with Gasteiger partial charge in [0, 0.05) is 5.39 Å². The van der Waals surface area contributed by atoms with Gasteiger partial charge in [-0.1, -0.05) is 35.9 Å². The van der Waals surface area contributed by atoms with E-state index in [0.717, 1.165) is 23.6 Å². The zero-order chi connectivity index (χ0) is 17.3. The number of carbonyl (C=O) groups excluding carboxylic acids is 1. The van der Waals surface area contributed by atoms with Crippen molar-refractivity contribution < 1.29 is 18.0 Å². The summed E-state index contributed by atoms with van der Waals surface area (Å²) in [7, 11) is 0. The normalized spacial score (nSPS) is 11.5. The van der Waals surface area contributed by atoms with Crippen molar-refractivity contribution in [2.24, 2.45) is 0 Å². The third-order valence-electron chi connectivity index (χ3n) is 3.37. The topological polar surface area (TPSA) is 42.0 Å². The second-order valence-electron chi connectivity index (χ2n) is 5.04.